The van der Waals surface area contributed by atoms with Crippen molar-refractivity contribution in [3.05, 3.63) is 29.8 Å². The summed E-state index contributed by atoms with van der Waals surface area (Å²) in [6.45, 7) is 1.96. The molecule has 1 aromatic rings. The van der Waals surface area contributed by atoms with E-state index in [0.717, 1.165) is 11.3 Å². The molecule has 0 radical (unpaired) electrons. The maximum Gasteiger partial charge on any atom is 0.233 e. The van der Waals surface area contributed by atoms with Gasteiger partial charge < -0.3 is 14.7 Å². The van der Waals surface area contributed by atoms with Gasteiger partial charge in [0.1, 0.15) is 18.3 Å². The van der Waals surface area contributed by atoms with Gasteiger partial charge in [-0.3, -0.25) is 4.79 Å². The lowest BCUT2D eigenvalue weighted by Crippen LogP contribution is -2.53. The van der Waals surface area contributed by atoms with Crippen LogP contribution in [0.25, 0.3) is 0 Å². The molecule has 0 aromatic heterocycles. The third-order valence-corrected chi connectivity index (χ3v) is 3.53. The van der Waals surface area contributed by atoms with Crippen LogP contribution in [0.5, 0.6) is 5.75 Å². The second-order valence-corrected chi connectivity index (χ2v) is 4.69. The van der Waals surface area contributed by atoms with Crippen LogP contribution in [-0.4, -0.2) is 42.2 Å². The quantitative estimate of drug-likeness (QED) is 0.814. The molecule has 0 bridgehead atoms. The fraction of sp³-hybridized carbons (Fsp3) is 0.462. The molecule has 4 heteroatoms. The zero-order chi connectivity index (χ0) is 11.8. The number of carbonyl (C=O) groups is 1. The van der Waals surface area contributed by atoms with Crippen LogP contribution in [0.15, 0.2) is 24.3 Å². The highest BCUT2D eigenvalue weighted by Crippen LogP contribution is 2.35. The normalized spacial score (nSPS) is 22.9. The van der Waals surface area contributed by atoms with Crippen molar-refractivity contribution < 1.29 is 14.6 Å². The number of hydrogen-bond donors (Lipinski definition) is 1. The first-order chi connectivity index (χ1) is 8.29. The van der Waals surface area contributed by atoms with Gasteiger partial charge in [0.05, 0.1) is 0 Å². The summed E-state index contributed by atoms with van der Waals surface area (Å²) in [5, 5.41) is 8.95. The fourth-order valence-electron chi connectivity index (χ4n) is 2.45. The Morgan fingerprint density at radius 2 is 2.18 bits per heavy atom. The molecule has 0 saturated carbocycles. The summed E-state index contributed by atoms with van der Waals surface area (Å²) in [5.41, 5.74) is 0.991. The lowest BCUT2D eigenvalue weighted by Gasteiger charge is -2.39. The molecule has 90 valence electrons. The summed E-state index contributed by atoms with van der Waals surface area (Å²) < 4.78 is 5.51. The Balaban J connectivity index is 1.73. The molecule has 17 heavy (non-hydrogen) atoms. The predicted molar refractivity (Wildman–Crippen MR) is 61.8 cm³/mol. The first-order valence-electron chi connectivity index (χ1n) is 5.91. The smallest absolute Gasteiger partial charge is 0.233 e. The molecule has 2 aliphatic heterocycles. The number of amides is 1. The number of aliphatic hydroxyl groups excluding tert-OH is 1. The van der Waals surface area contributed by atoms with E-state index in [-0.39, 0.29) is 24.3 Å². The van der Waals surface area contributed by atoms with E-state index in [9.17, 15) is 4.79 Å². The second kappa shape index (κ2) is 4.04. The molecule has 0 spiro atoms. The van der Waals surface area contributed by atoms with Crippen LogP contribution in [0.4, 0.5) is 0 Å². The number of aliphatic hydroxyl groups is 1. The fourth-order valence-corrected chi connectivity index (χ4v) is 2.45. The molecule has 1 atom stereocenters. The molecule has 2 aliphatic rings. The van der Waals surface area contributed by atoms with Crippen molar-refractivity contribution in [3.63, 3.8) is 0 Å². The topological polar surface area (TPSA) is 49.8 Å². The molecule has 0 aliphatic carbocycles. The third kappa shape index (κ3) is 1.69. The summed E-state index contributed by atoms with van der Waals surface area (Å²) in [5.74, 6) is 1.05. The minimum atomic E-state index is -0.161. The van der Waals surface area contributed by atoms with Crippen molar-refractivity contribution in [2.24, 2.45) is 5.92 Å². The molecule has 1 amide bonds. The van der Waals surface area contributed by atoms with Gasteiger partial charge in [0.2, 0.25) is 5.91 Å². The number of likely N-dealkylation sites (tertiary alicyclic amines) is 1. The Morgan fingerprint density at radius 3 is 2.94 bits per heavy atom. The van der Waals surface area contributed by atoms with Gasteiger partial charge in [-0.1, -0.05) is 18.2 Å². The van der Waals surface area contributed by atoms with Crippen LogP contribution >= 0.6 is 0 Å². The van der Waals surface area contributed by atoms with Gasteiger partial charge in [-0.2, -0.15) is 0 Å². The zero-order valence-corrected chi connectivity index (χ0v) is 9.50. The molecular weight excluding hydrogens is 218 g/mol. The lowest BCUT2D eigenvalue weighted by atomic mass is 9.95. The molecule has 3 rings (SSSR count). The molecule has 4 nitrogen and oxygen atoms in total. The molecule has 1 unspecified atom stereocenters. The lowest BCUT2D eigenvalue weighted by molar-refractivity contribution is -0.140. The molecule has 1 aromatic carbocycles. The molecular formula is C13H15NO3. The van der Waals surface area contributed by atoms with Gasteiger partial charge in [-0.15, -0.1) is 0 Å². The molecule has 1 N–H and O–H groups in total. The number of benzene rings is 1. The van der Waals surface area contributed by atoms with E-state index in [1.54, 1.807) is 4.90 Å². The van der Waals surface area contributed by atoms with Crippen molar-refractivity contribution in [1.82, 2.24) is 4.90 Å². The third-order valence-electron chi connectivity index (χ3n) is 3.53. The van der Waals surface area contributed by atoms with Crippen molar-refractivity contribution >= 4 is 5.91 Å². The van der Waals surface area contributed by atoms with Gasteiger partial charge in [-0.05, 0) is 6.07 Å². The highest BCUT2D eigenvalue weighted by molar-refractivity contribution is 5.86. The van der Waals surface area contributed by atoms with Crippen molar-refractivity contribution in [2.75, 3.05) is 26.3 Å². The van der Waals surface area contributed by atoms with Gasteiger partial charge in [0.25, 0.3) is 0 Å². The van der Waals surface area contributed by atoms with Crippen molar-refractivity contribution in [3.8, 4) is 5.75 Å². The summed E-state index contributed by atoms with van der Waals surface area (Å²) in [4.78, 5) is 14.0. The van der Waals surface area contributed by atoms with Crippen LogP contribution in [-0.2, 0) is 4.79 Å². The first kappa shape index (κ1) is 10.6. The average Bonchev–Trinajstić information content (AvgIpc) is 2.71. The Morgan fingerprint density at radius 1 is 1.41 bits per heavy atom. The van der Waals surface area contributed by atoms with Crippen LogP contribution in [0.3, 0.4) is 0 Å². The number of fused-ring (bicyclic) bond motifs is 1. The monoisotopic (exact) mass is 233 g/mol. The van der Waals surface area contributed by atoms with Crippen molar-refractivity contribution in [2.45, 2.75) is 5.92 Å². The van der Waals surface area contributed by atoms with Crippen LogP contribution in [0, 0.1) is 5.92 Å². The van der Waals surface area contributed by atoms with E-state index in [1.807, 2.05) is 24.3 Å². The van der Waals surface area contributed by atoms with E-state index < -0.39 is 0 Å². The number of carbonyl (C=O) groups excluding carboxylic acids is 1. The highest BCUT2D eigenvalue weighted by Gasteiger charge is 2.38. The summed E-state index contributed by atoms with van der Waals surface area (Å²) >= 11 is 0. The van der Waals surface area contributed by atoms with Gasteiger partial charge >= 0.3 is 0 Å². The van der Waals surface area contributed by atoms with Crippen LogP contribution in [0.2, 0.25) is 0 Å². The van der Waals surface area contributed by atoms with E-state index in [1.165, 1.54) is 0 Å². The van der Waals surface area contributed by atoms with Crippen molar-refractivity contribution in [1.29, 1.82) is 0 Å². The molecule has 1 saturated heterocycles. The molecule has 1 fully saturated rings. The summed E-state index contributed by atoms with van der Waals surface area (Å²) in [7, 11) is 0. The van der Waals surface area contributed by atoms with Gasteiger partial charge in [0.15, 0.2) is 0 Å². The minimum absolute atomic E-state index is 0.125. The summed E-state index contributed by atoms with van der Waals surface area (Å²) in [6, 6.07) is 7.70. The van der Waals surface area contributed by atoms with E-state index in [2.05, 4.69) is 0 Å². The SMILES string of the molecule is O=C(C1COc2ccccc21)N1CC(CO)C1. The Labute approximate surface area is 99.8 Å². The number of rotatable bonds is 2. The van der Waals surface area contributed by atoms with E-state index >= 15 is 0 Å². The largest absolute Gasteiger partial charge is 0.492 e. The Hall–Kier alpha value is -1.55. The average molecular weight is 233 g/mol. The number of nitrogens with zero attached hydrogens (tertiary/aromatic N) is 1. The maximum atomic E-state index is 12.2. The number of ether oxygens (including phenoxy) is 1. The van der Waals surface area contributed by atoms with Crippen LogP contribution in [0.1, 0.15) is 11.5 Å². The maximum absolute atomic E-state index is 12.2. The standard InChI is InChI=1S/C13H15NO3/c15-7-9-5-14(6-9)13(16)11-8-17-12-4-2-1-3-10(11)12/h1-4,9,11,15H,5-8H2. The highest BCUT2D eigenvalue weighted by atomic mass is 16.5. The first-order valence-corrected chi connectivity index (χ1v) is 5.91. The van der Waals surface area contributed by atoms with E-state index in [4.69, 9.17) is 9.84 Å². The predicted octanol–water partition coefficient (Wildman–Crippen LogP) is 0.613. The Bertz CT molecular complexity index is 440. The van der Waals surface area contributed by atoms with Gasteiger partial charge in [-0.25, -0.2) is 0 Å². The van der Waals surface area contributed by atoms with E-state index in [0.29, 0.717) is 19.7 Å². The van der Waals surface area contributed by atoms with Crippen LogP contribution < -0.4 is 4.74 Å². The second-order valence-electron chi connectivity index (χ2n) is 4.69. The minimum Gasteiger partial charge on any atom is -0.492 e. The summed E-state index contributed by atoms with van der Waals surface area (Å²) in [6.07, 6.45) is 0. The Kier molecular flexibility index (Phi) is 2.52. The number of para-hydroxylation sites is 1. The number of hydrogen-bond acceptors (Lipinski definition) is 3. The molecule has 2 heterocycles. The van der Waals surface area contributed by atoms with Gasteiger partial charge in [0, 0.05) is 31.2 Å². The zero-order valence-electron chi connectivity index (χ0n) is 9.50.